The fourth-order valence-corrected chi connectivity index (χ4v) is 3.14. The quantitative estimate of drug-likeness (QED) is 0.443. The minimum atomic E-state index is -0.566. The Bertz CT molecular complexity index is 957. The zero-order chi connectivity index (χ0) is 19.6. The SMILES string of the molecule is COc1ccc(OC)c(C=C2C(=O)NC(=S)N(c3ccc(Br)cc3)C2=O)c1. The second kappa shape index (κ2) is 7.89. The van der Waals surface area contributed by atoms with Crippen molar-refractivity contribution in [3.05, 3.63) is 58.1 Å². The Balaban J connectivity index is 2.05. The molecule has 3 rings (SSSR count). The van der Waals surface area contributed by atoms with Crippen LogP contribution >= 0.6 is 28.1 Å². The zero-order valence-electron chi connectivity index (χ0n) is 14.5. The molecule has 1 saturated heterocycles. The second-order valence-electron chi connectivity index (χ2n) is 5.54. The van der Waals surface area contributed by atoms with Gasteiger partial charge in [0.15, 0.2) is 5.11 Å². The minimum Gasteiger partial charge on any atom is -0.497 e. The van der Waals surface area contributed by atoms with Crippen LogP contribution in [0.2, 0.25) is 0 Å². The number of hydrogen-bond acceptors (Lipinski definition) is 5. The highest BCUT2D eigenvalue weighted by Gasteiger charge is 2.34. The van der Waals surface area contributed by atoms with Gasteiger partial charge in [-0.05, 0) is 60.8 Å². The molecular weight excluding hydrogens is 432 g/mol. The number of rotatable bonds is 4. The maximum Gasteiger partial charge on any atom is 0.270 e. The van der Waals surface area contributed by atoms with Crippen LogP contribution in [0.3, 0.4) is 0 Å². The summed E-state index contributed by atoms with van der Waals surface area (Å²) in [7, 11) is 3.04. The Kier molecular flexibility index (Phi) is 5.57. The van der Waals surface area contributed by atoms with E-state index >= 15 is 0 Å². The van der Waals surface area contributed by atoms with E-state index in [1.54, 1.807) is 42.5 Å². The third-order valence-electron chi connectivity index (χ3n) is 3.92. The van der Waals surface area contributed by atoms with E-state index in [0.29, 0.717) is 22.7 Å². The number of methoxy groups -OCH3 is 2. The standard InChI is InChI=1S/C19H15BrN2O4S/c1-25-14-7-8-16(26-2)11(9-14)10-15-17(23)21-19(27)22(18(15)24)13-5-3-12(20)4-6-13/h3-10H,1-2H3,(H,21,23,27). The summed E-state index contributed by atoms with van der Waals surface area (Å²) in [6.07, 6.45) is 1.46. The van der Waals surface area contributed by atoms with Crippen molar-refractivity contribution in [1.82, 2.24) is 5.32 Å². The number of amides is 2. The lowest BCUT2D eigenvalue weighted by Crippen LogP contribution is -2.54. The molecule has 1 aliphatic rings. The van der Waals surface area contributed by atoms with Gasteiger partial charge in [-0.1, -0.05) is 15.9 Å². The van der Waals surface area contributed by atoms with Crippen molar-refractivity contribution >= 4 is 56.8 Å². The number of thiocarbonyl (C=S) groups is 1. The Hall–Kier alpha value is -2.71. The Morgan fingerprint density at radius 2 is 1.78 bits per heavy atom. The number of hydrogen-bond donors (Lipinski definition) is 1. The minimum absolute atomic E-state index is 0.0297. The van der Waals surface area contributed by atoms with Crippen LogP contribution < -0.4 is 19.7 Å². The lowest BCUT2D eigenvalue weighted by molar-refractivity contribution is -0.122. The summed E-state index contributed by atoms with van der Waals surface area (Å²) in [5.74, 6) is -0.00183. The first-order valence-corrected chi connectivity index (χ1v) is 9.03. The van der Waals surface area contributed by atoms with Gasteiger partial charge in [-0.3, -0.25) is 19.8 Å². The summed E-state index contributed by atoms with van der Waals surface area (Å²) >= 11 is 8.54. The van der Waals surface area contributed by atoms with Crippen LogP contribution in [0.5, 0.6) is 11.5 Å². The first-order valence-electron chi connectivity index (χ1n) is 7.83. The van der Waals surface area contributed by atoms with Crippen molar-refractivity contribution in [2.24, 2.45) is 0 Å². The largest absolute Gasteiger partial charge is 0.497 e. The molecule has 0 aliphatic carbocycles. The molecule has 2 amide bonds. The maximum atomic E-state index is 13.0. The molecule has 0 atom stereocenters. The summed E-state index contributed by atoms with van der Waals surface area (Å²) in [4.78, 5) is 26.7. The number of nitrogens with zero attached hydrogens (tertiary/aromatic N) is 1. The van der Waals surface area contributed by atoms with Crippen LogP contribution in [-0.2, 0) is 9.59 Å². The molecule has 0 aromatic heterocycles. The number of halogens is 1. The molecule has 0 unspecified atom stereocenters. The van der Waals surface area contributed by atoms with Gasteiger partial charge in [-0.15, -0.1) is 0 Å². The second-order valence-corrected chi connectivity index (χ2v) is 6.84. The van der Waals surface area contributed by atoms with Gasteiger partial charge in [-0.25, -0.2) is 0 Å². The van der Waals surface area contributed by atoms with Crippen LogP contribution in [0.1, 0.15) is 5.56 Å². The molecule has 1 fully saturated rings. The van der Waals surface area contributed by atoms with Crippen LogP contribution in [0, 0.1) is 0 Å². The third kappa shape index (κ3) is 3.86. The third-order valence-corrected chi connectivity index (χ3v) is 4.74. The van der Waals surface area contributed by atoms with E-state index in [4.69, 9.17) is 21.7 Å². The van der Waals surface area contributed by atoms with E-state index in [1.165, 1.54) is 25.2 Å². The number of carbonyl (C=O) groups is 2. The van der Waals surface area contributed by atoms with Crippen LogP contribution in [0.4, 0.5) is 5.69 Å². The summed E-state index contributed by atoms with van der Waals surface area (Å²) in [6.45, 7) is 0. The fraction of sp³-hybridized carbons (Fsp3) is 0.105. The monoisotopic (exact) mass is 446 g/mol. The summed E-state index contributed by atoms with van der Waals surface area (Å²) < 4.78 is 11.4. The number of nitrogens with one attached hydrogen (secondary N) is 1. The van der Waals surface area contributed by atoms with Crippen molar-refractivity contribution in [2.45, 2.75) is 0 Å². The summed E-state index contributed by atoms with van der Waals surface area (Å²) in [5, 5.41) is 2.58. The molecule has 0 bridgehead atoms. The predicted octanol–water partition coefficient (Wildman–Crippen LogP) is 3.30. The smallest absolute Gasteiger partial charge is 0.270 e. The topological polar surface area (TPSA) is 67.9 Å². The lowest BCUT2D eigenvalue weighted by atomic mass is 10.1. The summed E-state index contributed by atoms with van der Waals surface area (Å²) in [5.41, 5.74) is 1.04. The molecule has 0 spiro atoms. The number of ether oxygens (including phenoxy) is 2. The number of anilines is 1. The van der Waals surface area contributed by atoms with Gasteiger partial charge in [0.1, 0.15) is 17.1 Å². The van der Waals surface area contributed by atoms with E-state index in [-0.39, 0.29) is 10.7 Å². The Morgan fingerprint density at radius 1 is 1.07 bits per heavy atom. The first kappa shape index (κ1) is 19.1. The van der Waals surface area contributed by atoms with Gasteiger partial charge in [0.05, 0.1) is 19.9 Å². The van der Waals surface area contributed by atoms with E-state index in [2.05, 4.69) is 21.2 Å². The molecule has 2 aromatic carbocycles. The number of benzene rings is 2. The lowest BCUT2D eigenvalue weighted by Gasteiger charge is -2.29. The van der Waals surface area contributed by atoms with Crippen molar-refractivity contribution in [1.29, 1.82) is 0 Å². The molecule has 1 N–H and O–H groups in total. The number of carbonyl (C=O) groups excluding carboxylic acids is 2. The fourth-order valence-electron chi connectivity index (χ4n) is 2.59. The van der Waals surface area contributed by atoms with Gasteiger partial charge in [0, 0.05) is 10.0 Å². The molecule has 138 valence electrons. The molecule has 0 saturated carbocycles. The highest BCUT2D eigenvalue weighted by Crippen LogP contribution is 2.28. The average molecular weight is 447 g/mol. The molecule has 27 heavy (non-hydrogen) atoms. The predicted molar refractivity (Wildman–Crippen MR) is 110 cm³/mol. The zero-order valence-corrected chi connectivity index (χ0v) is 16.9. The van der Waals surface area contributed by atoms with E-state index < -0.39 is 11.8 Å². The molecule has 6 nitrogen and oxygen atoms in total. The Labute approximate surface area is 169 Å². The summed E-state index contributed by atoms with van der Waals surface area (Å²) in [6, 6.07) is 12.2. The van der Waals surface area contributed by atoms with Gasteiger partial charge >= 0.3 is 0 Å². The highest BCUT2D eigenvalue weighted by molar-refractivity contribution is 9.10. The first-order chi connectivity index (χ1) is 12.9. The van der Waals surface area contributed by atoms with Crippen molar-refractivity contribution in [2.75, 3.05) is 19.1 Å². The van der Waals surface area contributed by atoms with Crippen molar-refractivity contribution in [3.8, 4) is 11.5 Å². The maximum absolute atomic E-state index is 13.0. The highest BCUT2D eigenvalue weighted by atomic mass is 79.9. The van der Waals surface area contributed by atoms with Crippen molar-refractivity contribution in [3.63, 3.8) is 0 Å². The van der Waals surface area contributed by atoms with E-state index in [9.17, 15) is 9.59 Å². The average Bonchev–Trinajstić information content (AvgIpc) is 2.66. The van der Waals surface area contributed by atoms with Crippen molar-refractivity contribution < 1.29 is 19.1 Å². The van der Waals surface area contributed by atoms with E-state index in [0.717, 1.165) is 4.47 Å². The molecule has 0 radical (unpaired) electrons. The van der Waals surface area contributed by atoms with Gasteiger partial charge < -0.3 is 9.47 Å². The van der Waals surface area contributed by atoms with E-state index in [1.807, 2.05) is 0 Å². The normalized spacial score (nSPS) is 15.7. The Morgan fingerprint density at radius 3 is 2.41 bits per heavy atom. The van der Waals surface area contributed by atoms with Crippen LogP contribution in [0.25, 0.3) is 6.08 Å². The molecule has 1 aliphatic heterocycles. The molecule has 8 heteroatoms. The van der Waals surface area contributed by atoms with Crippen LogP contribution in [0.15, 0.2) is 52.5 Å². The molecule has 2 aromatic rings. The molecule has 1 heterocycles. The van der Waals surface area contributed by atoms with Gasteiger partial charge in [0.2, 0.25) is 0 Å². The van der Waals surface area contributed by atoms with Gasteiger partial charge in [0.25, 0.3) is 11.8 Å². The van der Waals surface area contributed by atoms with Crippen LogP contribution in [-0.4, -0.2) is 31.1 Å². The molecular formula is C19H15BrN2O4S. The van der Waals surface area contributed by atoms with Gasteiger partial charge in [-0.2, -0.15) is 0 Å².